The molecule has 13 aromatic carbocycles. The van der Waals surface area contributed by atoms with Crippen molar-refractivity contribution >= 4 is 160 Å². The normalized spacial score (nSPS) is 13.1. The third-order valence-corrected chi connectivity index (χ3v) is 20.1. The molecule has 0 radical (unpaired) electrons. The molecule has 0 unspecified atom stereocenters. The molecule has 87 heavy (non-hydrogen) atoms. The van der Waals surface area contributed by atoms with Crippen molar-refractivity contribution in [2.75, 3.05) is 19.6 Å². The number of para-hydroxylation sites is 7. The van der Waals surface area contributed by atoms with Crippen LogP contribution in [0.25, 0.3) is 33.1 Å². The summed E-state index contributed by atoms with van der Waals surface area (Å²) in [5.74, 6) is 0. The lowest BCUT2D eigenvalue weighted by atomic mass is 9.31. The fourth-order valence-electron chi connectivity index (χ4n) is 14.2. The molecule has 4 aliphatic rings. The number of nitrogens with zero attached hydrogens (tertiary/aromatic N) is 4. The molecule has 0 bridgehead atoms. The molecular formula is C78H50B2N4OS2. The van der Waals surface area contributed by atoms with Crippen molar-refractivity contribution in [3.05, 3.63) is 303 Å². The van der Waals surface area contributed by atoms with Gasteiger partial charge in [0.2, 0.25) is 13.4 Å². The minimum atomic E-state index is -0.0896. The van der Waals surface area contributed by atoms with Crippen LogP contribution in [-0.2, 0) is 0 Å². The molecule has 0 atom stereocenters. The molecule has 5 heterocycles. The van der Waals surface area contributed by atoms with Crippen LogP contribution in [0.2, 0.25) is 0 Å². The van der Waals surface area contributed by atoms with E-state index in [1.165, 1.54) is 63.7 Å². The third-order valence-electron chi connectivity index (χ3n) is 17.9. The molecule has 0 saturated heterocycles. The minimum absolute atomic E-state index is 0.0781. The van der Waals surface area contributed by atoms with Gasteiger partial charge >= 0.3 is 0 Å². The first-order valence-electron chi connectivity index (χ1n) is 29.7. The summed E-state index contributed by atoms with van der Waals surface area (Å²) in [6.45, 7) is -0.168. The number of hydrogen-bond donors (Lipinski definition) is 0. The SMILES string of the molecule is c1ccc(-c2cc3c(cc2N2c4cc5c(cc4B4c6ccccc6Sc6cc(N(c7ccccc7)c7ccccc7)cc2c64)B2c4ccccc4N(c4ccccc4)c4cc(N(c6ccccc6)c6ccccc6)cc(c42)S5)oc2ccccc23)cc1. The molecule has 0 N–H and O–H groups in total. The monoisotopic (exact) mass is 1140 g/mol. The van der Waals surface area contributed by atoms with Crippen molar-refractivity contribution in [3.8, 4) is 11.1 Å². The third kappa shape index (κ3) is 8.00. The van der Waals surface area contributed by atoms with E-state index < -0.39 is 0 Å². The molecule has 0 fully saturated rings. The summed E-state index contributed by atoms with van der Waals surface area (Å²) in [6.07, 6.45) is 0. The standard InChI is InChI=1S/C78H50B2N4OS2/c1-7-25-51(26-8-1)60-47-61-59-37-19-23-41-71(59)85-72(61)49-67(60)84-68-50-74-65(48-64(68)80-63-39-21-24-42-73(63)86-75-45-58(44-70(84)78(75)80)82(54-31-13-4-14-32-54)55-33-15-5-16-34-55)79-62-38-20-22-40-66(62)83(56-35-17-6-18-36-56)69-43-57(46-76(87-74)77(69)79)81(52-27-9-2-10-28-52)53-29-11-3-12-30-53/h1-50H. The highest BCUT2D eigenvalue weighted by Crippen LogP contribution is 2.52. The number of furan rings is 1. The van der Waals surface area contributed by atoms with Crippen LogP contribution in [0.4, 0.5) is 68.2 Å². The first-order valence-corrected chi connectivity index (χ1v) is 31.3. The van der Waals surface area contributed by atoms with Crippen LogP contribution in [-0.4, -0.2) is 13.4 Å². The summed E-state index contributed by atoms with van der Waals surface area (Å²) < 4.78 is 6.95. The van der Waals surface area contributed by atoms with E-state index in [4.69, 9.17) is 4.42 Å². The second-order valence-corrected chi connectivity index (χ2v) is 24.9. The van der Waals surface area contributed by atoms with Crippen LogP contribution in [0, 0.1) is 0 Å². The molecule has 9 heteroatoms. The Morgan fingerprint density at radius 2 is 0.782 bits per heavy atom. The van der Waals surface area contributed by atoms with Gasteiger partial charge in [-0.25, -0.2) is 0 Å². The molecular weight excluding hydrogens is 1090 g/mol. The number of benzene rings is 13. The molecule has 0 spiro atoms. The number of fused-ring (bicyclic) bond motifs is 11. The van der Waals surface area contributed by atoms with Crippen molar-refractivity contribution in [1.29, 1.82) is 0 Å². The Labute approximate surface area is 514 Å². The van der Waals surface area contributed by atoms with Crippen LogP contribution < -0.4 is 52.4 Å². The highest BCUT2D eigenvalue weighted by molar-refractivity contribution is 8.00. The van der Waals surface area contributed by atoms with Crippen LogP contribution in [0.5, 0.6) is 0 Å². The summed E-state index contributed by atoms with van der Waals surface area (Å²) in [5.41, 5.74) is 25.2. The fourth-order valence-corrected chi connectivity index (χ4v) is 16.6. The van der Waals surface area contributed by atoms with Gasteiger partial charge < -0.3 is 24.0 Å². The predicted molar refractivity (Wildman–Crippen MR) is 368 cm³/mol. The average molecular weight is 1150 g/mol. The van der Waals surface area contributed by atoms with Crippen LogP contribution in [0.15, 0.2) is 327 Å². The van der Waals surface area contributed by atoms with Crippen LogP contribution in [0.1, 0.15) is 0 Å². The first-order chi connectivity index (χ1) is 43.2. The quantitative estimate of drug-likeness (QED) is 0.133. The van der Waals surface area contributed by atoms with E-state index in [2.05, 4.69) is 323 Å². The Balaban J connectivity index is 0.944. The molecule has 18 rings (SSSR count). The second-order valence-electron chi connectivity index (χ2n) is 22.7. The van der Waals surface area contributed by atoms with Gasteiger partial charge in [-0.15, -0.1) is 0 Å². The summed E-state index contributed by atoms with van der Waals surface area (Å²) in [4.78, 5) is 14.9. The van der Waals surface area contributed by atoms with Gasteiger partial charge in [-0.2, -0.15) is 0 Å². The summed E-state index contributed by atoms with van der Waals surface area (Å²) >= 11 is 3.79. The van der Waals surface area contributed by atoms with Crippen LogP contribution >= 0.6 is 23.5 Å². The molecule has 0 saturated carbocycles. The molecule has 14 aromatic rings. The van der Waals surface area contributed by atoms with Crippen molar-refractivity contribution in [2.24, 2.45) is 0 Å². The number of anilines is 12. The largest absolute Gasteiger partial charge is 0.456 e. The summed E-state index contributed by atoms with van der Waals surface area (Å²) in [5, 5.41) is 2.19. The highest BCUT2D eigenvalue weighted by atomic mass is 32.2. The maximum Gasteiger partial charge on any atom is 0.249 e. The van der Waals surface area contributed by atoms with Gasteiger partial charge in [0.05, 0.1) is 5.69 Å². The zero-order chi connectivity index (χ0) is 57.1. The molecule has 0 aliphatic carbocycles. The van der Waals surface area contributed by atoms with Gasteiger partial charge in [-0.05, 0) is 143 Å². The van der Waals surface area contributed by atoms with Gasteiger partial charge in [0.25, 0.3) is 0 Å². The zero-order valence-corrected chi connectivity index (χ0v) is 48.7. The van der Waals surface area contributed by atoms with Gasteiger partial charge in [0.1, 0.15) is 11.2 Å². The number of rotatable bonds is 9. The Hall–Kier alpha value is -10.3. The lowest BCUT2D eigenvalue weighted by Gasteiger charge is -2.44. The summed E-state index contributed by atoms with van der Waals surface area (Å²) in [7, 11) is 0. The van der Waals surface area contributed by atoms with Gasteiger partial charge in [0.15, 0.2) is 0 Å². The average Bonchev–Trinajstić information content (AvgIpc) is 1.03. The van der Waals surface area contributed by atoms with E-state index in [9.17, 15) is 0 Å². The second kappa shape index (κ2) is 20.2. The maximum absolute atomic E-state index is 6.95. The summed E-state index contributed by atoms with van der Waals surface area (Å²) in [6, 6.07) is 112. The fraction of sp³-hybridized carbons (Fsp3) is 0. The smallest absolute Gasteiger partial charge is 0.249 e. The zero-order valence-electron chi connectivity index (χ0n) is 47.0. The molecule has 4 aliphatic heterocycles. The topological polar surface area (TPSA) is 26.1 Å². The van der Waals surface area contributed by atoms with Gasteiger partial charge in [0, 0.05) is 105 Å². The maximum atomic E-state index is 6.95. The van der Waals surface area contributed by atoms with Gasteiger partial charge in [-0.3, -0.25) is 0 Å². The van der Waals surface area contributed by atoms with E-state index >= 15 is 0 Å². The highest BCUT2D eigenvalue weighted by Gasteiger charge is 2.47. The van der Waals surface area contributed by atoms with E-state index in [0.29, 0.717) is 0 Å². The Morgan fingerprint density at radius 3 is 1.40 bits per heavy atom. The van der Waals surface area contributed by atoms with Crippen LogP contribution in [0.3, 0.4) is 0 Å². The van der Waals surface area contributed by atoms with Crippen molar-refractivity contribution in [2.45, 2.75) is 19.6 Å². The van der Waals surface area contributed by atoms with E-state index in [1.54, 1.807) is 0 Å². The molecule has 5 nitrogen and oxygen atoms in total. The first kappa shape index (κ1) is 50.1. The van der Waals surface area contributed by atoms with Gasteiger partial charge in [-0.1, -0.05) is 216 Å². The molecule has 1 aromatic heterocycles. The van der Waals surface area contributed by atoms with E-state index in [1.807, 2.05) is 23.5 Å². The van der Waals surface area contributed by atoms with Crippen molar-refractivity contribution < 1.29 is 4.42 Å². The van der Waals surface area contributed by atoms with E-state index in [-0.39, 0.29) is 13.4 Å². The molecule has 0 amide bonds. The number of hydrogen-bond acceptors (Lipinski definition) is 7. The van der Waals surface area contributed by atoms with Crippen molar-refractivity contribution in [3.63, 3.8) is 0 Å². The Morgan fingerprint density at radius 1 is 0.287 bits per heavy atom. The molecule has 406 valence electrons. The Bertz CT molecular complexity index is 4960. The lowest BCUT2D eigenvalue weighted by Crippen LogP contribution is -2.64. The van der Waals surface area contributed by atoms with Crippen molar-refractivity contribution in [1.82, 2.24) is 0 Å². The van der Waals surface area contributed by atoms with E-state index in [0.717, 1.165) is 89.9 Å². The Kier molecular flexibility index (Phi) is 11.6. The minimum Gasteiger partial charge on any atom is -0.456 e. The lowest BCUT2D eigenvalue weighted by molar-refractivity contribution is 0.669. The predicted octanol–water partition coefficient (Wildman–Crippen LogP) is 17.7.